The van der Waals surface area contributed by atoms with E-state index in [4.69, 9.17) is 15.0 Å². The molecule has 0 amide bonds. The van der Waals surface area contributed by atoms with Crippen molar-refractivity contribution >= 4 is 43.7 Å². The Hall–Kier alpha value is -6.85. The average Bonchev–Trinajstić information content (AvgIpc) is 3.71. The minimum absolute atomic E-state index is 0.701. The van der Waals surface area contributed by atoms with Crippen molar-refractivity contribution < 1.29 is 0 Å². The molecule has 5 nitrogen and oxygen atoms in total. The second-order valence-electron chi connectivity index (χ2n) is 12.5. The van der Waals surface area contributed by atoms with Crippen molar-refractivity contribution in [3.63, 3.8) is 0 Å². The van der Waals surface area contributed by atoms with E-state index in [0.29, 0.717) is 5.82 Å². The maximum Gasteiger partial charge on any atom is 0.159 e. The minimum atomic E-state index is 0.701. The van der Waals surface area contributed by atoms with E-state index in [0.717, 1.165) is 66.9 Å². The lowest BCUT2D eigenvalue weighted by molar-refractivity contribution is 1.09. The van der Waals surface area contributed by atoms with Crippen molar-refractivity contribution in [1.29, 1.82) is 0 Å². The molecule has 4 heterocycles. The van der Waals surface area contributed by atoms with E-state index >= 15 is 0 Å². The van der Waals surface area contributed by atoms with E-state index in [9.17, 15) is 0 Å². The molecule has 0 saturated carbocycles. The molecule has 4 aromatic heterocycles. The lowest BCUT2D eigenvalue weighted by Crippen LogP contribution is -2.02. The molecule has 0 spiro atoms. The molecule has 0 bridgehead atoms. The molecular formula is C45H29N5. The third kappa shape index (κ3) is 4.45. The zero-order chi connectivity index (χ0) is 33.0. The quantitative estimate of drug-likeness (QED) is 0.188. The molecule has 0 saturated heterocycles. The lowest BCUT2D eigenvalue weighted by atomic mass is 10.0. The summed E-state index contributed by atoms with van der Waals surface area (Å²) in [6.07, 6.45) is 3.85. The van der Waals surface area contributed by atoms with Crippen molar-refractivity contribution in [1.82, 2.24) is 24.1 Å². The van der Waals surface area contributed by atoms with Crippen LogP contribution in [0.25, 0.3) is 88.9 Å². The van der Waals surface area contributed by atoms with E-state index in [1.54, 1.807) is 0 Å². The molecule has 0 aliphatic rings. The molecule has 0 radical (unpaired) electrons. The molecule has 0 fully saturated rings. The normalized spacial score (nSPS) is 11.6. The third-order valence-corrected chi connectivity index (χ3v) is 9.64. The highest BCUT2D eigenvalue weighted by Gasteiger charge is 2.20. The van der Waals surface area contributed by atoms with Gasteiger partial charge in [-0.05, 0) is 59.7 Å². The standard InChI is InChI=1S/C45H29N5/c1-4-13-30(14-5-1)43-42(29-47-44(48-43)31-15-6-2-7-16-31)50-39-21-11-10-19-35(39)36-24-22-33(28-41(36)50)32-23-25-40-38(27-32)37-20-12-26-46-45(37)49(40)34-17-8-3-9-18-34/h1-29H. The van der Waals surface area contributed by atoms with Crippen LogP contribution in [0.4, 0.5) is 0 Å². The van der Waals surface area contributed by atoms with Gasteiger partial charge in [-0.2, -0.15) is 0 Å². The average molecular weight is 640 g/mol. The number of hydrogen-bond acceptors (Lipinski definition) is 3. The van der Waals surface area contributed by atoms with E-state index in [-0.39, 0.29) is 0 Å². The number of pyridine rings is 1. The van der Waals surface area contributed by atoms with E-state index in [1.807, 2.05) is 48.8 Å². The number of aromatic nitrogens is 5. The van der Waals surface area contributed by atoms with Crippen LogP contribution in [0.1, 0.15) is 0 Å². The number of para-hydroxylation sites is 2. The molecular weight excluding hydrogens is 611 g/mol. The van der Waals surface area contributed by atoms with Gasteiger partial charge < -0.3 is 4.57 Å². The fourth-order valence-corrected chi connectivity index (χ4v) is 7.35. The Morgan fingerprint density at radius 2 is 1.04 bits per heavy atom. The van der Waals surface area contributed by atoms with Crippen LogP contribution in [-0.4, -0.2) is 24.1 Å². The summed E-state index contributed by atoms with van der Waals surface area (Å²) in [5, 5.41) is 4.67. The predicted molar refractivity (Wildman–Crippen MR) is 205 cm³/mol. The topological polar surface area (TPSA) is 48.5 Å². The van der Waals surface area contributed by atoms with Crippen LogP contribution in [0.15, 0.2) is 176 Å². The van der Waals surface area contributed by atoms with Gasteiger partial charge in [0.2, 0.25) is 0 Å². The van der Waals surface area contributed by atoms with E-state index < -0.39 is 0 Å². The zero-order valence-electron chi connectivity index (χ0n) is 27.0. The van der Waals surface area contributed by atoms with Gasteiger partial charge in [-0.25, -0.2) is 15.0 Å². The van der Waals surface area contributed by atoms with Crippen molar-refractivity contribution in [3.8, 4) is 45.1 Å². The third-order valence-electron chi connectivity index (χ3n) is 9.64. The fraction of sp³-hybridized carbons (Fsp3) is 0. The molecule has 0 aliphatic heterocycles. The molecule has 10 aromatic rings. The molecule has 50 heavy (non-hydrogen) atoms. The Bertz CT molecular complexity index is 2850. The second-order valence-corrected chi connectivity index (χ2v) is 12.5. The SMILES string of the molecule is c1ccc(-c2ncc(-n3c4ccccc4c4ccc(-c5ccc6c(c5)c5cccnc5n6-c5ccccc5)cc43)c(-c3ccccc3)n2)cc1. The highest BCUT2D eigenvalue weighted by molar-refractivity contribution is 6.12. The summed E-state index contributed by atoms with van der Waals surface area (Å²) in [5.74, 6) is 0.701. The number of benzene rings is 6. The Labute approximate surface area is 288 Å². The smallest absolute Gasteiger partial charge is 0.159 e. The summed E-state index contributed by atoms with van der Waals surface area (Å²) in [5.41, 5.74) is 11.5. The molecule has 5 heteroatoms. The summed E-state index contributed by atoms with van der Waals surface area (Å²) in [7, 11) is 0. The Morgan fingerprint density at radius 3 is 1.86 bits per heavy atom. The van der Waals surface area contributed by atoms with Crippen molar-refractivity contribution in [2.75, 3.05) is 0 Å². The van der Waals surface area contributed by atoms with E-state index in [2.05, 4.69) is 137 Å². The van der Waals surface area contributed by atoms with Gasteiger partial charge in [0.25, 0.3) is 0 Å². The van der Waals surface area contributed by atoms with Gasteiger partial charge in [-0.3, -0.25) is 4.57 Å². The van der Waals surface area contributed by atoms with Crippen molar-refractivity contribution in [2.45, 2.75) is 0 Å². The number of nitrogens with zero attached hydrogens (tertiary/aromatic N) is 5. The first kappa shape index (κ1) is 28.2. The molecule has 10 rings (SSSR count). The van der Waals surface area contributed by atoms with Gasteiger partial charge in [0.05, 0.1) is 34.1 Å². The molecule has 0 aliphatic carbocycles. The zero-order valence-corrected chi connectivity index (χ0v) is 27.0. The van der Waals surface area contributed by atoms with Crippen molar-refractivity contribution in [2.24, 2.45) is 0 Å². The largest absolute Gasteiger partial charge is 0.306 e. The maximum absolute atomic E-state index is 5.21. The highest BCUT2D eigenvalue weighted by atomic mass is 15.0. The van der Waals surface area contributed by atoms with Gasteiger partial charge in [-0.15, -0.1) is 0 Å². The van der Waals surface area contributed by atoms with Gasteiger partial charge in [0.1, 0.15) is 5.65 Å². The Morgan fingerprint density at radius 1 is 0.400 bits per heavy atom. The number of rotatable bonds is 5. The van der Waals surface area contributed by atoms with Gasteiger partial charge in [0, 0.05) is 44.6 Å². The van der Waals surface area contributed by atoms with Crippen LogP contribution in [0.3, 0.4) is 0 Å². The second kappa shape index (κ2) is 11.4. The van der Waals surface area contributed by atoms with Crippen LogP contribution in [0.2, 0.25) is 0 Å². The maximum atomic E-state index is 5.21. The Kier molecular flexibility index (Phi) is 6.42. The Balaban J connectivity index is 1.21. The van der Waals surface area contributed by atoms with Crippen molar-refractivity contribution in [3.05, 3.63) is 176 Å². The first-order valence-electron chi connectivity index (χ1n) is 16.8. The van der Waals surface area contributed by atoms with E-state index in [1.165, 1.54) is 16.2 Å². The number of fused-ring (bicyclic) bond motifs is 6. The van der Waals surface area contributed by atoms with Gasteiger partial charge in [0.15, 0.2) is 5.82 Å². The van der Waals surface area contributed by atoms with Crippen LogP contribution >= 0.6 is 0 Å². The summed E-state index contributed by atoms with van der Waals surface area (Å²) in [6.45, 7) is 0. The first-order valence-corrected chi connectivity index (χ1v) is 16.8. The van der Waals surface area contributed by atoms with Gasteiger partial charge >= 0.3 is 0 Å². The molecule has 0 unspecified atom stereocenters. The molecule has 234 valence electrons. The van der Waals surface area contributed by atoms with Crippen LogP contribution in [-0.2, 0) is 0 Å². The van der Waals surface area contributed by atoms with Crippen LogP contribution in [0, 0.1) is 0 Å². The van der Waals surface area contributed by atoms with Gasteiger partial charge in [-0.1, -0.05) is 115 Å². The number of hydrogen-bond donors (Lipinski definition) is 0. The molecule has 0 atom stereocenters. The lowest BCUT2D eigenvalue weighted by Gasteiger charge is -2.15. The summed E-state index contributed by atoms with van der Waals surface area (Å²) in [4.78, 5) is 15.0. The minimum Gasteiger partial charge on any atom is -0.306 e. The summed E-state index contributed by atoms with van der Waals surface area (Å²) < 4.78 is 4.58. The highest BCUT2D eigenvalue weighted by Crippen LogP contribution is 2.39. The van der Waals surface area contributed by atoms with Crippen LogP contribution in [0.5, 0.6) is 0 Å². The first-order chi connectivity index (χ1) is 24.8. The molecule has 6 aromatic carbocycles. The predicted octanol–water partition coefficient (Wildman–Crippen LogP) is 11.1. The monoisotopic (exact) mass is 639 g/mol. The summed E-state index contributed by atoms with van der Waals surface area (Å²) >= 11 is 0. The van der Waals surface area contributed by atoms with Crippen LogP contribution < -0.4 is 0 Å². The summed E-state index contributed by atoms with van der Waals surface area (Å²) in [6, 6.07) is 57.4. The molecule has 0 N–H and O–H groups in total. The fourth-order valence-electron chi connectivity index (χ4n) is 7.35.